The molecule has 21 heavy (non-hydrogen) atoms. The summed E-state index contributed by atoms with van der Waals surface area (Å²) in [5, 5.41) is 3.60. The van der Waals surface area contributed by atoms with E-state index in [0.29, 0.717) is 27.2 Å². The molecule has 0 aliphatic heterocycles. The van der Waals surface area contributed by atoms with E-state index >= 15 is 0 Å². The number of nitrogens with one attached hydrogen (secondary N) is 1. The highest BCUT2D eigenvalue weighted by Gasteiger charge is 2.10. The second kappa shape index (κ2) is 6.70. The quantitative estimate of drug-likeness (QED) is 0.838. The fourth-order valence-corrected chi connectivity index (χ4v) is 2.42. The number of halogens is 2. The molecule has 0 saturated carbocycles. The van der Waals surface area contributed by atoms with Gasteiger partial charge in [-0.1, -0.05) is 23.2 Å². The van der Waals surface area contributed by atoms with E-state index in [1.54, 1.807) is 36.4 Å². The zero-order valence-electron chi connectivity index (χ0n) is 11.3. The molecule has 0 unspecified atom stereocenters. The molecule has 0 spiro atoms. The Labute approximate surface area is 132 Å². The Kier molecular flexibility index (Phi) is 4.94. The van der Waals surface area contributed by atoms with Crippen molar-refractivity contribution >= 4 is 40.5 Å². The second-order valence-corrected chi connectivity index (χ2v) is 5.34. The van der Waals surface area contributed by atoms with Crippen LogP contribution >= 0.6 is 23.2 Å². The van der Waals surface area contributed by atoms with Crippen LogP contribution in [-0.2, 0) is 4.79 Å². The Morgan fingerprint density at radius 2 is 1.90 bits per heavy atom. The molecule has 0 radical (unpaired) electrons. The van der Waals surface area contributed by atoms with Gasteiger partial charge in [-0.3, -0.25) is 4.79 Å². The van der Waals surface area contributed by atoms with Crippen molar-refractivity contribution in [1.82, 2.24) is 0 Å². The van der Waals surface area contributed by atoms with Crippen LogP contribution in [0.2, 0.25) is 10.0 Å². The van der Waals surface area contributed by atoms with E-state index in [0.717, 1.165) is 5.56 Å². The van der Waals surface area contributed by atoms with Crippen LogP contribution in [0.4, 0.5) is 11.4 Å². The number of nitrogens with two attached hydrogens (primary N) is 1. The average molecular weight is 325 g/mol. The minimum atomic E-state index is -0.287. The van der Waals surface area contributed by atoms with Gasteiger partial charge in [-0.25, -0.2) is 0 Å². The Morgan fingerprint density at radius 3 is 2.52 bits per heavy atom. The summed E-state index contributed by atoms with van der Waals surface area (Å²) in [6.07, 6.45) is 0. The van der Waals surface area contributed by atoms with Crippen LogP contribution in [0.15, 0.2) is 36.4 Å². The SMILES string of the molecule is Cc1cc(Cl)cc(Cl)c1OCC(=O)Nc1ccc(N)cc1. The minimum Gasteiger partial charge on any atom is -0.482 e. The minimum absolute atomic E-state index is 0.146. The molecule has 0 bridgehead atoms. The second-order valence-electron chi connectivity index (χ2n) is 4.49. The Morgan fingerprint density at radius 1 is 1.24 bits per heavy atom. The largest absolute Gasteiger partial charge is 0.482 e. The summed E-state index contributed by atoms with van der Waals surface area (Å²) in [5.41, 5.74) is 7.63. The van der Waals surface area contributed by atoms with Gasteiger partial charge in [0.1, 0.15) is 5.75 Å². The number of benzene rings is 2. The Bertz CT molecular complexity index is 634. The highest BCUT2D eigenvalue weighted by atomic mass is 35.5. The third-order valence-corrected chi connectivity index (χ3v) is 3.24. The number of anilines is 2. The molecule has 3 N–H and O–H groups in total. The number of hydrogen-bond donors (Lipinski definition) is 2. The van der Waals surface area contributed by atoms with Crippen LogP contribution < -0.4 is 15.8 Å². The molecule has 6 heteroatoms. The molecule has 0 aliphatic carbocycles. The number of carbonyl (C=O) groups is 1. The molecule has 2 aromatic carbocycles. The molecule has 2 aromatic rings. The summed E-state index contributed by atoms with van der Waals surface area (Å²) in [5.74, 6) is 0.165. The van der Waals surface area contributed by atoms with E-state index in [2.05, 4.69) is 5.32 Å². The van der Waals surface area contributed by atoms with Crippen molar-refractivity contribution in [3.05, 3.63) is 52.0 Å². The van der Waals surface area contributed by atoms with E-state index in [-0.39, 0.29) is 12.5 Å². The third kappa shape index (κ3) is 4.28. The van der Waals surface area contributed by atoms with E-state index < -0.39 is 0 Å². The van der Waals surface area contributed by atoms with Gasteiger partial charge in [0.2, 0.25) is 0 Å². The first-order chi connectivity index (χ1) is 9.95. The highest BCUT2D eigenvalue weighted by molar-refractivity contribution is 6.35. The molecule has 4 nitrogen and oxygen atoms in total. The van der Waals surface area contributed by atoms with Crippen LogP contribution in [0.3, 0.4) is 0 Å². The lowest BCUT2D eigenvalue weighted by Crippen LogP contribution is -2.20. The van der Waals surface area contributed by atoms with Crippen molar-refractivity contribution in [1.29, 1.82) is 0 Å². The number of ether oxygens (including phenoxy) is 1. The molecular weight excluding hydrogens is 311 g/mol. The van der Waals surface area contributed by atoms with Crippen LogP contribution in [0, 0.1) is 6.92 Å². The lowest BCUT2D eigenvalue weighted by Gasteiger charge is -2.11. The molecule has 0 atom stereocenters. The van der Waals surface area contributed by atoms with Crippen molar-refractivity contribution in [3.63, 3.8) is 0 Å². The zero-order valence-corrected chi connectivity index (χ0v) is 12.8. The van der Waals surface area contributed by atoms with Gasteiger partial charge in [-0.2, -0.15) is 0 Å². The predicted octanol–water partition coefficient (Wildman–Crippen LogP) is 3.90. The number of nitrogen functional groups attached to an aromatic ring is 1. The lowest BCUT2D eigenvalue weighted by atomic mass is 10.2. The Hall–Kier alpha value is -1.91. The van der Waals surface area contributed by atoms with Gasteiger partial charge in [0.15, 0.2) is 6.61 Å². The standard InChI is InChI=1S/C15H14Cl2N2O2/c1-9-6-10(16)7-13(17)15(9)21-8-14(20)19-12-4-2-11(18)3-5-12/h2-7H,8,18H2,1H3,(H,19,20). The number of carbonyl (C=O) groups excluding carboxylic acids is 1. The van der Waals surface area contributed by atoms with Crippen LogP contribution in [0.1, 0.15) is 5.56 Å². The van der Waals surface area contributed by atoms with Crippen molar-refractivity contribution < 1.29 is 9.53 Å². The molecule has 0 fully saturated rings. The first kappa shape index (κ1) is 15.5. The fraction of sp³-hybridized carbons (Fsp3) is 0.133. The fourth-order valence-electron chi connectivity index (χ4n) is 1.77. The van der Waals surface area contributed by atoms with Crippen molar-refractivity contribution in [2.24, 2.45) is 0 Å². The summed E-state index contributed by atoms with van der Waals surface area (Å²) in [4.78, 5) is 11.8. The predicted molar refractivity (Wildman–Crippen MR) is 86.2 cm³/mol. The number of amides is 1. The van der Waals surface area contributed by atoms with Gasteiger partial charge in [0, 0.05) is 16.4 Å². The van der Waals surface area contributed by atoms with Crippen LogP contribution in [0.25, 0.3) is 0 Å². The average Bonchev–Trinajstić information content (AvgIpc) is 2.40. The first-order valence-corrected chi connectivity index (χ1v) is 6.95. The van der Waals surface area contributed by atoms with E-state index in [1.165, 1.54) is 0 Å². The number of aryl methyl sites for hydroxylation is 1. The molecular formula is C15H14Cl2N2O2. The maximum atomic E-state index is 11.8. The number of rotatable bonds is 4. The van der Waals surface area contributed by atoms with Crippen molar-refractivity contribution in [2.75, 3.05) is 17.7 Å². The van der Waals surface area contributed by atoms with Crippen molar-refractivity contribution in [2.45, 2.75) is 6.92 Å². The molecule has 1 amide bonds. The van der Waals surface area contributed by atoms with Gasteiger partial charge in [-0.05, 0) is 48.9 Å². The van der Waals surface area contributed by atoms with E-state index in [1.807, 2.05) is 6.92 Å². The Balaban J connectivity index is 1.97. The van der Waals surface area contributed by atoms with Gasteiger partial charge < -0.3 is 15.8 Å². The van der Waals surface area contributed by atoms with Gasteiger partial charge in [0.25, 0.3) is 5.91 Å². The van der Waals surface area contributed by atoms with Gasteiger partial charge in [-0.15, -0.1) is 0 Å². The number of hydrogen-bond acceptors (Lipinski definition) is 3. The first-order valence-electron chi connectivity index (χ1n) is 6.19. The normalized spacial score (nSPS) is 10.2. The van der Waals surface area contributed by atoms with Gasteiger partial charge >= 0.3 is 0 Å². The summed E-state index contributed by atoms with van der Waals surface area (Å²) < 4.78 is 5.45. The van der Waals surface area contributed by atoms with Gasteiger partial charge in [0.05, 0.1) is 5.02 Å². The van der Waals surface area contributed by atoms with Crippen LogP contribution in [0.5, 0.6) is 5.75 Å². The molecule has 110 valence electrons. The molecule has 0 aromatic heterocycles. The summed E-state index contributed by atoms with van der Waals surface area (Å²) in [7, 11) is 0. The summed E-state index contributed by atoms with van der Waals surface area (Å²) in [6, 6.07) is 10.1. The van der Waals surface area contributed by atoms with Crippen LogP contribution in [-0.4, -0.2) is 12.5 Å². The monoisotopic (exact) mass is 324 g/mol. The maximum absolute atomic E-state index is 11.8. The topological polar surface area (TPSA) is 64.3 Å². The summed E-state index contributed by atoms with van der Waals surface area (Å²) in [6.45, 7) is 1.66. The van der Waals surface area contributed by atoms with E-state index in [9.17, 15) is 4.79 Å². The molecule has 2 rings (SSSR count). The van der Waals surface area contributed by atoms with Crippen molar-refractivity contribution in [3.8, 4) is 5.75 Å². The molecule has 0 saturated heterocycles. The molecule has 0 aliphatic rings. The highest BCUT2D eigenvalue weighted by Crippen LogP contribution is 2.31. The van der Waals surface area contributed by atoms with E-state index in [4.69, 9.17) is 33.7 Å². The summed E-state index contributed by atoms with van der Waals surface area (Å²) >= 11 is 11.9. The smallest absolute Gasteiger partial charge is 0.262 e. The zero-order chi connectivity index (χ0) is 15.4. The lowest BCUT2D eigenvalue weighted by molar-refractivity contribution is -0.118. The third-order valence-electron chi connectivity index (χ3n) is 2.74. The maximum Gasteiger partial charge on any atom is 0.262 e. The molecule has 0 heterocycles.